The first kappa shape index (κ1) is 17.4. The molecule has 4 aliphatic carbocycles. The van der Waals surface area contributed by atoms with Crippen LogP contribution >= 0.6 is 11.6 Å². The molecule has 0 saturated heterocycles. The van der Waals surface area contributed by atoms with Gasteiger partial charge in [0.1, 0.15) is 0 Å². The summed E-state index contributed by atoms with van der Waals surface area (Å²) in [5, 5.41) is 8.25. The van der Waals surface area contributed by atoms with Crippen molar-refractivity contribution in [1.82, 2.24) is 15.1 Å². The van der Waals surface area contributed by atoms with Crippen LogP contribution in [0.2, 0.25) is 5.02 Å². The number of nitrogens with one attached hydrogen (secondary N) is 1. The SMILES string of the molecule is CCC(NC(=O)C(C)Cn1cc(Cl)cn1)C12CC3CC(CC(C3)C1)C2. The normalized spacial score (nSPS) is 35.6. The maximum Gasteiger partial charge on any atom is 0.224 e. The summed E-state index contributed by atoms with van der Waals surface area (Å²) < 4.78 is 1.76. The van der Waals surface area contributed by atoms with Crippen molar-refractivity contribution >= 4 is 17.5 Å². The Morgan fingerprint density at radius 3 is 2.40 bits per heavy atom. The van der Waals surface area contributed by atoms with Gasteiger partial charge in [0, 0.05) is 12.2 Å². The van der Waals surface area contributed by atoms with E-state index in [1.165, 1.54) is 38.5 Å². The average Bonchev–Trinajstić information content (AvgIpc) is 2.95. The highest BCUT2D eigenvalue weighted by Gasteiger charge is 2.54. The van der Waals surface area contributed by atoms with Gasteiger partial charge in [0.2, 0.25) is 5.91 Å². The van der Waals surface area contributed by atoms with Crippen LogP contribution in [-0.2, 0) is 11.3 Å². The Hall–Kier alpha value is -1.03. The molecule has 4 bridgehead atoms. The molecule has 138 valence electrons. The number of carbonyl (C=O) groups excluding carboxylic acids is 1. The summed E-state index contributed by atoms with van der Waals surface area (Å²) in [5.41, 5.74) is 0.369. The van der Waals surface area contributed by atoms with E-state index in [0.29, 0.717) is 23.0 Å². The molecule has 4 saturated carbocycles. The Morgan fingerprint density at radius 2 is 1.92 bits per heavy atom. The molecule has 1 aromatic rings. The lowest BCUT2D eigenvalue weighted by atomic mass is 9.47. The molecule has 5 heteroatoms. The van der Waals surface area contributed by atoms with Crippen LogP contribution in [0.15, 0.2) is 12.4 Å². The largest absolute Gasteiger partial charge is 0.353 e. The van der Waals surface area contributed by atoms with E-state index >= 15 is 0 Å². The van der Waals surface area contributed by atoms with E-state index in [2.05, 4.69) is 17.3 Å². The number of carbonyl (C=O) groups is 1. The number of halogens is 1. The Balaban J connectivity index is 1.42. The molecule has 1 N–H and O–H groups in total. The molecule has 0 aliphatic heterocycles. The second kappa shape index (κ2) is 6.61. The zero-order valence-corrected chi connectivity index (χ0v) is 16.1. The Bertz CT molecular complexity index is 605. The van der Waals surface area contributed by atoms with Crippen molar-refractivity contribution in [2.24, 2.45) is 29.1 Å². The van der Waals surface area contributed by atoms with Crippen molar-refractivity contribution in [3.63, 3.8) is 0 Å². The number of hydrogen-bond donors (Lipinski definition) is 1. The van der Waals surface area contributed by atoms with Gasteiger partial charge in [-0.05, 0) is 68.1 Å². The van der Waals surface area contributed by atoms with Crippen molar-refractivity contribution in [3.05, 3.63) is 17.4 Å². The zero-order chi connectivity index (χ0) is 17.6. The highest BCUT2D eigenvalue weighted by molar-refractivity contribution is 6.30. The second-order valence-electron chi connectivity index (χ2n) is 9.03. The third kappa shape index (κ3) is 3.34. The maximum atomic E-state index is 12.8. The molecule has 1 aromatic heterocycles. The molecule has 0 aromatic carbocycles. The summed E-state index contributed by atoms with van der Waals surface area (Å²) in [6, 6.07) is 0.331. The minimum Gasteiger partial charge on any atom is -0.353 e. The summed E-state index contributed by atoms with van der Waals surface area (Å²) >= 11 is 5.92. The molecule has 0 radical (unpaired) electrons. The summed E-state index contributed by atoms with van der Waals surface area (Å²) in [4.78, 5) is 12.8. The third-order valence-corrected chi connectivity index (χ3v) is 7.25. The standard InChI is InChI=1S/C20H30ClN3O/c1-3-18(20-7-14-4-15(8-20)6-16(5-14)9-20)23-19(25)13(2)11-24-12-17(21)10-22-24/h10,12-16,18H,3-9,11H2,1-2H3,(H,23,25). The van der Waals surface area contributed by atoms with E-state index in [9.17, 15) is 4.79 Å². The monoisotopic (exact) mass is 363 g/mol. The van der Waals surface area contributed by atoms with E-state index in [-0.39, 0.29) is 11.8 Å². The molecule has 2 atom stereocenters. The fourth-order valence-corrected chi connectivity index (χ4v) is 6.56. The van der Waals surface area contributed by atoms with Gasteiger partial charge in [-0.2, -0.15) is 5.10 Å². The summed E-state index contributed by atoms with van der Waals surface area (Å²) in [7, 11) is 0. The number of nitrogens with zero attached hydrogens (tertiary/aromatic N) is 2. The first-order valence-electron chi connectivity index (χ1n) is 9.95. The fraction of sp³-hybridized carbons (Fsp3) is 0.800. The van der Waals surface area contributed by atoms with E-state index in [1.54, 1.807) is 17.1 Å². The lowest BCUT2D eigenvalue weighted by molar-refractivity contribution is -0.130. The van der Waals surface area contributed by atoms with Gasteiger partial charge in [0.25, 0.3) is 0 Å². The van der Waals surface area contributed by atoms with Crippen LogP contribution in [0, 0.1) is 29.1 Å². The Morgan fingerprint density at radius 1 is 1.32 bits per heavy atom. The molecule has 5 rings (SSSR count). The van der Waals surface area contributed by atoms with Crippen LogP contribution < -0.4 is 5.32 Å². The summed E-state index contributed by atoms with van der Waals surface area (Å²) in [6.07, 6.45) is 12.8. The first-order valence-corrected chi connectivity index (χ1v) is 10.3. The van der Waals surface area contributed by atoms with Crippen molar-refractivity contribution < 1.29 is 4.79 Å². The van der Waals surface area contributed by atoms with Crippen LogP contribution in [0.3, 0.4) is 0 Å². The zero-order valence-electron chi connectivity index (χ0n) is 15.4. The van der Waals surface area contributed by atoms with Gasteiger partial charge >= 0.3 is 0 Å². The van der Waals surface area contributed by atoms with Gasteiger partial charge in [-0.1, -0.05) is 25.4 Å². The highest BCUT2D eigenvalue weighted by Crippen LogP contribution is 2.61. The molecule has 4 fully saturated rings. The Labute approximate surface area is 155 Å². The van der Waals surface area contributed by atoms with Crippen LogP contribution in [0.1, 0.15) is 58.8 Å². The van der Waals surface area contributed by atoms with E-state index in [4.69, 9.17) is 11.6 Å². The third-order valence-electron chi connectivity index (χ3n) is 7.06. The molecular weight excluding hydrogens is 334 g/mol. The molecule has 1 heterocycles. The van der Waals surface area contributed by atoms with Gasteiger partial charge in [-0.25, -0.2) is 0 Å². The molecule has 4 aliphatic rings. The molecule has 25 heavy (non-hydrogen) atoms. The number of hydrogen-bond acceptors (Lipinski definition) is 2. The molecule has 1 amide bonds. The summed E-state index contributed by atoms with van der Waals surface area (Å²) in [5.74, 6) is 2.82. The van der Waals surface area contributed by atoms with Crippen LogP contribution in [0.5, 0.6) is 0 Å². The molecule has 2 unspecified atom stereocenters. The predicted molar refractivity (Wildman–Crippen MR) is 99.2 cm³/mol. The topological polar surface area (TPSA) is 46.9 Å². The van der Waals surface area contributed by atoms with Gasteiger partial charge in [-0.15, -0.1) is 0 Å². The quantitative estimate of drug-likeness (QED) is 0.819. The smallest absolute Gasteiger partial charge is 0.224 e. The lowest BCUT2D eigenvalue weighted by Crippen LogP contribution is -2.57. The van der Waals surface area contributed by atoms with E-state index in [1.807, 2.05) is 6.92 Å². The van der Waals surface area contributed by atoms with Crippen molar-refractivity contribution in [2.75, 3.05) is 0 Å². The fourth-order valence-electron chi connectivity index (χ4n) is 6.41. The minimum absolute atomic E-state index is 0.0982. The highest BCUT2D eigenvalue weighted by atomic mass is 35.5. The molecular formula is C20H30ClN3O. The maximum absolute atomic E-state index is 12.8. The number of aromatic nitrogens is 2. The van der Waals surface area contributed by atoms with Gasteiger partial charge in [-0.3, -0.25) is 9.48 Å². The van der Waals surface area contributed by atoms with Gasteiger partial charge in [0.05, 0.1) is 23.7 Å². The molecule has 0 spiro atoms. The number of amides is 1. The van der Waals surface area contributed by atoms with Crippen molar-refractivity contribution in [3.8, 4) is 0 Å². The van der Waals surface area contributed by atoms with E-state index in [0.717, 1.165) is 24.2 Å². The van der Waals surface area contributed by atoms with Gasteiger partial charge in [0.15, 0.2) is 0 Å². The second-order valence-corrected chi connectivity index (χ2v) is 9.47. The Kier molecular flexibility index (Phi) is 4.59. The van der Waals surface area contributed by atoms with Crippen molar-refractivity contribution in [1.29, 1.82) is 0 Å². The molecule has 4 nitrogen and oxygen atoms in total. The minimum atomic E-state index is -0.0982. The lowest BCUT2D eigenvalue weighted by Gasteiger charge is -2.59. The average molecular weight is 364 g/mol. The van der Waals surface area contributed by atoms with E-state index < -0.39 is 0 Å². The predicted octanol–water partition coefficient (Wildman–Crippen LogP) is 4.28. The summed E-state index contributed by atoms with van der Waals surface area (Å²) in [6.45, 7) is 4.80. The van der Waals surface area contributed by atoms with Crippen LogP contribution in [0.25, 0.3) is 0 Å². The first-order chi connectivity index (χ1) is 12.0. The van der Waals surface area contributed by atoms with Crippen LogP contribution in [0.4, 0.5) is 0 Å². The van der Waals surface area contributed by atoms with Crippen LogP contribution in [-0.4, -0.2) is 21.7 Å². The van der Waals surface area contributed by atoms with Gasteiger partial charge < -0.3 is 5.32 Å². The number of rotatable bonds is 6. The van der Waals surface area contributed by atoms with Crippen molar-refractivity contribution in [2.45, 2.75) is 71.4 Å².